The molecular formula is C24H35NO. The van der Waals surface area contributed by atoms with Gasteiger partial charge >= 0.3 is 0 Å². The van der Waals surface area contributed by atoms with Crippen LogP contribution in [0.25, 0.3) is 0 Å². The molecule has 0 aliphatic rings. The summed E-state index contributed by atoms with van der Waals surface area (Å²) in [7, 11) is 0. The molecule has 0 radical (unpaired) electrons. The second-order valence-corrected chi connectivity index (χ2v) is 7.65. The van der Waals surface area contributed by atoms with Crippen LogP contribution in [0, 0.1) is 6.92 Å². The van der Waals surface area contributed by atoms with Crippen molar-refractivity contribution in [1.29, 1.82) is 0 Å². The van der Waals surface area contributed by atoms with E-state index in [0.29, 0.717) is 24.6 Å². The van der Waals surface area contributed by atoms with Crippen molar-refractivity contribution in [2.24, 2.45) is 0 Å². The molecule has 0 amide bonds. The number of aryl methyl sites for hydroxylation is 1. The fraction of sp³-hybridized carbons (Fsp3) is 0.500. The molecule has 0 N–H and O–H groups in total. The topological polar surface area (TPSA) is 12.5 Å². The van der Waals surface area contributed by atoms with Gasteiger partial charge in [-0.2, -0.15) is 0 Å². The van der Waals surface area contributed by atoms with Crippen LogP contribution in [0.4, 0.5) is 0 Å². The zero-order valence-electron chi connectivity index (χ0n) is 17.3. The number of benzene rings is 2. The summed E-state index contributed by atoms with van der Waals surface area (Å²) in [6.07, 6.45) is 1.09. The first kappa shape index (κ1) is 20.5. The molecule has 1 unspecified atom stereocenters. The van der Waals surface area contributed by atoms with Crippen molar-refractivity contribution >= 4 is 0 Å². The van der Waals surface area contributed by atoms with Crippen LogP contribution in [0.15, 0.2) is 48.5 Å². The van der Waals surface area contributed by atoms with E-state index < -0.39 is 0 Å². The van der Waals surface area contributed by atoms with E-state index in [-0.39, 0.29) is 0 Å². The molecule has 26 heavy (non-hydrogen) atoms. The van der Waals surface area contributed by atoms with Gasteiger partial charge in [-0.15, -0.1) is 0 Å². The lowest BCUT2D eigenvalue weighted by molar-refractivity contribution is 0.170. The lowest BCUT2D eigenvalue weighted by Gasteiger charge is -2.32. The minimum Gasteiger partial charge on any atom is -0.494 e. The van der Waals surface area contributed by atoms with E-state index in [1.807, 2.05) is 0 Å². The van der Waals surface area contributed by atoms with Gasteiger partial charge in [0.1, 0.15) is 5.75 Å². The standard InChI is InChI=1S/C24H35NO/c1-7-26-24-14-13-20(6)17-23(24)22(21-11-9-8-10-12-21)15-16-25(18(2)3)19(4)5/h8-14,17-19,22H,7,15-16H2,1-6H3. The molecule has 142 valence electrons. The summed E-state index contributed by atoms with van der Waals surface area (Å²) in [6, 6.07) is 18.5. The van der Waals surface area contributed by atoms with Crippen LogP contribution in [0.1, 0.15) is 63.6 Å². The highest BCUT2D eigenvalue weighted by molar-refractivity contribution is 5.44. The van der Waals surface area contributed by atoms with Gasteiger partial charge in [-0.1, -0.05) is 48.0 Å². The smallest absolute Gasteiger partial charge is 0.123 e. The van der Waals surface area contributed by atoms with Gasteiger partial charge in [0, 0.05) is 23.6 Å². The maximum Gasteiger partial charge on any atom is 0.123 e. The Hall–Kier alpha value is -1.80. The Morgan fingerprint density at radius 1 is 0.923 bits per heavy atom. The van der Waals surface area contributed by atoms with Crippen LogP contribution < -0.4 is 4.74 Å². The van der Waals surface area contributed by atoms with E-state index in [2.05, 4.69) is 95.0 Å². The van der Waals surface area contributed by atoms with Crippen molar-refractivity contribution in [3.63, 3.8) is 0 Å². The molecule has 0 heterocycles. The minimum atomic E-state index is 0.345. The maximum atomic E-state index is 5.98. The van der Waals surface area contributed by atoms with Crippen molar-refractivity contribution in [2.45, 2.75) is 66.0 Å². The molecule has 2 nitrogen and oxygen atoms in total. The Labute approximate surface area is 160 Å². The normalized spacial score (nSPS) is 12.8. The molecule has 0 saturated carbocycles. The van der Waals surface area contributed by atoms with E-state index in [4.69, 9.17) is 4.74 Å². The molecule has 0 aliphatic heterocycles. The monoisotopic (exact) mass is 353 g/mol. The second kappa shape index (κ2) is 9.78. The number of hydrogen-bond donors (Lipinski definition) is 0. The molecule has 2 heteroatoms. The number of hydrogen-bond acceptors (Lipinski definition) is 2. The predicted molar refractivity (Wildman–Crippen MR) is 112 cm³/mol. The molecule has 0 spiro atoms. The first-order valence-corrected chi connectivity index (χ1v) is 9.98. The van der Waals surface area contributed by atoms with Gasteiger partial charge in [-0.25, -0.2) is 0 Å². The number of ether oxygens (including phenoxy) is 1. The maximum absolute atomic E-state index is 5.98. The Bertz CT molecular complexity index is 655. The average molecular weight is 354 g/mol. The fourth-order valence-corrected chi connectivity index (χ4v) is 3.81. The Kier molecular flexibility index (Phi) is 7.71. The summed E-state index contributed by atoms with van der Waals surface area (Å²) in [6.45, 7) is 15.1. The Morgan fingerprint density at radius 3 is 2.15 bits per heavy atom. The third-order valence-corrected chi connectivity index (χ3v) is 5.05. The van der Waals surface area contributed by atoms with Crippen molar-refractivity contribution in [2.75, 3.05) is 13.2 Å². The predicted octanol–water partition coefficient (Wildman–Crippen LogP) is 6.03. The third kappa shape index (κ3) is 5.35. The highest BCUT2D eigenvalue weighted by Gasteiger charge is 2.22. The number of rotatable bonds is 9. The van der Waals surface area contributed by atoms with Crippen LogP contribution in [0.5, 0.6) is 5.75 Å². The molecule has 0 aromatic heterocycles. The van der Waals surface area contributed by atoms with Gasteiger partial charge in [0.25, 0.3) is 0 Å². The first-order chi connectivity index (χ1) is 12.4. The van der Waals surface area contributed by atoms with E-state index in [0.717, 1.165) is 18.7 Å². The summed E-state index contributed by atoms with van der Waals surface area (Å²) >= 11 is 0. The Morgan fingerprint density at radius 2 is 1.58 bits per heavy atom. The van der Waals surface area contributed by atoms with Gasteiger partial charge in [0.15, 0.2) is 0 Å². The lowest BCUT2D eigenvalue weighted by atomic mass is 9.86. The van der Waals surface area contributed by atoms with Crippen molar-refractivity contribution < 1.29 is 4.74 Å². The summed E-state index contributed by atoms with van der Waals surface area (Å²) < 4.78 is 5.98. The molecule has 0 saturated heterocycles. The van der Waals surface area contributed by atoms with E-state index in [9.17, 15) is 0 Å². The lowest BCUT2D eigenvalue weighted by Crippen LogP contribution is -2.38. The van der Waals surface area contributed by atoms with Crippen molar-refractivity contribution in [1.82, 2.24) is 4.90 Å². The molecule has 2 aromatic rings. The van der Waals surface area contributed by atoms with Gasteiger partial charge < -0.3 is 4.74 Å². The second-order valence-electron chi connectivity index (χ2n) is 7.65. The van der Waals surface area contributed by atoms with Crippen LogP contribution in [-0.2, 0) is 0 Å². The zero-order chi connectivity index (χ0) is 19.1. The van der Waals surface area contributed by atoms with Gasteiger partial charge in [0.2, 0.25) is 0 Å². The molecule has 2 aromatic carbocycles. The highest BCUT2D eigenvalue weighted by Crippen LogP contribution is 2.35. The summed E-state index contributed by atoms with van der Waals surface area (Å²) in [5, 5.41) is 0. The summed E-state index contributed by atoms with van der Waals surface area (Å²) in [5.41, 5.74) is 3.96. The largest absolute Gasteiger partial charge is 0.494 e. The van der Waals surface area contributed by atoms with E-state index in [1.165, 1.54) is 16.7 Å². The molecular weight excluding hydrogens is 318 g/mol. The fourth-order valence-electron chi connectivity index (χ4n) is 3.81. The van der Waals surface area contributed by atoms with Crippen LogP contribution in [0.2, 0.25) is 0 Å². The molecule has 0 aliphatic carbocycles. The van der Waals surface area contributed by atoms with Crippen LogP contribution in [0.3, 0.4) is 0 Å². The molecule has 0 fully saturated rings. The quantitative estimate of drug-likeness (QED) is 0.545. The van der Waals surface area contributed by atoms with Gasteiger partial charge in [-0.05, 0) is 66.1 Å². The van der Waals surface area contributed by atoms with Crippen molar-refractivity contribution in [3.8, 4) is 5.75 Å². The summed E-state index contributed by atoms with van der Waals surface area (Å²) in [5.74, 6) is 1.37. The SMILES string of the molecule is CCOc1ccc(C)cc1C(CCN(C(C)C)C(C)C)c1ccccc1. The van der Waals surface area contributed by atoms with E-state index in [1.54, 1.807) is 0 Å². The summed E-state index contributed by atoms with van der Waals surface area (Å²) in [4.78, 5) is 2.58. The van der Waals surface area contributed by atoms with Gasteiger partial charge in [-0.3, -0.25) is 4.90 Å². The average Bonchev–Trinajstić information content (AvgIpc) is 2.61. The Balaban J connectivity index is 2.38. The highest BCUT2D eigenvalue weighted by atomic mass is 16.5. The van der Waals surface area contributed by atoms with E-state index >= 15 is 0 Å². The van der Waals surface area contributed by atoms with Crippen molar-refractivity contribution in [3.05, 3.63) is 65.2 Å². The molecule has 2 rings (SSSR count). The molecule has 0 bridgehead atoms. The van der Waals surface area contributed by atoms with Crippen LogP contribution in [-0.4, -0.2) is 30.1 Å². The number of nitrogens with zero attached hydrogens (tertiary/aromatic N) is 1. The third-order valence-electron chi connectivity index (χ3n) is 5.05. The van der Waals surface area contributed by atoms with Gasteiger partial charge in [0.05, 0.1) is 6.61 Å². The molecule has 1 atom stereocenters. The first-order valence-electron chi connectivity index (χ1n) is 9.98. The zero-order valence-corrected chi connectivity index (χ0v) is 17.3. The van der Waals surface area contributed by atoms with Crippen LogP contribution >= 0.6 is 0 Å². The minimum absolute atomic E-state index is 0.345.